The van der Waals surface area contributed by atoms with Crippen LogP contribution in [-0.4, -0.2) is 33.3 Å². The Labute approximate surface area is 110 Å². The van der Waals surface area contributed by atoms with E-state index in [2.05, 4.69) is 21.2 Å². The van der Waals surface area contributed by atoms with Crippen molar-refractivity contribution in [1.29, 1.82) is 0 Å². The maximum Gasteiger partial charge on any atom is 0.236 e. The maximum absolute atomic E-state index is 12.2. The van der Waals surface area contributed by atoms with Crippen LogP contribution in [0.25, 0.3) is 0 Å². The van der Waals surface area contributed by atoms with Crippen LogP contribution in [0.5, 0.6) is 0 Å². The van der Waals surface area contributed by atoms with Gasteiger partial charge in [0.15, 0.2) is 0 Å². The van der Waals surface area contributed by atoms with Crippen molar-refractivity contribution in [2.24, 2.45) is 0 Å². The fraction of sp³-hybridized carbons (Fsp3) is 0.455. The Kier molecular flexibility index (Phi) is 3.75. The highest BCUT2D eigenvalue weighted by atomic mass is 79.9. The molecule has 1 atom stereocenters. The first-order valence-electron chi connectivity index (χ1n) is 5.49. The van der Waals surface area contributed by atoms with Crippen LogP contribution < -0.4 is 9.62 Å². The number of benzene rings is 1. The van der Waals surface area contributed by atoms with Gasteiger partial charge in [-0.1, -0.05) is 12.1 Å². The van der Waals surface area contributed by atoms with Crippen LogP contribution in [0.4, 0.5) is 5.69 Å². The Bertz CT molecular complexity index is 504. The van der Waals surface area contributed by atoms with Gasteiger partial charge in [0.2, 0.25) is 10.0 Å². The fourth-order valence-electron chi connectivity index (χ4n) is 1.87. The lowest BCUT2D eigenvalue weighted by atomic mass is 10.3. The minimum Gasteiger partial charge on any atom is -0.311 e. The third kappa shape index (κ3) is 2.81. The van der Waals surface area contributed by atoms with Crippen molar-refractivity contribution in [3.05, 3.63) is 28.7 Å². The number of para-hydroxylation sites is 1. The number of nitrogens with zero attached hydrogens (tertiary/aromatic N) is 1. The van der Waals surface area contributed by atoms with E-state index in [1.807, 2.05) is 31.2 Å². The first-order chi connectivity index (χ1) is 8.00. The van der Waals surface area contributed by atoms with Crippen LogP contribution >= 0.6 is 15.9 Å². The Balaban J connectivity index is 2.43. The number of nitrogens with one attached hydrogen (secondary N) is 1. The predicted molar refractivity (Wildman–Crippen MR) is 72.7 cm³/mol. The van der Waals surface area contributed by atoms with Crippen molar-refractivity contribution >= 4 is 31.6 Å². The largest absolute Gasteiger partial charge is 0.311 e. The molecule has 1 aromatic rings. The molecule has 1 aromatic carbocycles. The molecule has 1 saturated heterocycles. The highest BCUT2D eigenvalue weighted by Crippen LogP contribution is 2.28. The molecular weight excluding hydrogens is 304 g/mol. The Hall–Kier alpha value is -0.590. The van der Waals surface area contributed by atoms with Gasteiger partial charge in [-0.25, -0.2) is 8.42 Å². The van der Waals surface area contributed by atoms with Crippen LogP contribution in [0.15, 0.2) is 28.7 Å². The molecule has 4 nitrogen and oxygen atoms in total. The molecule has 0 amide bonds. The summed E-state index contributed by atoms with van der Waals surface area (Å²) in [5.41, 5.74) is 0.711. The van der Waals surface area contributed by atoms with Gasteiger partial charge in [-0.15, -0.1) is 0 Å². The van der Waals surface area contributed by atoms with Crippen LogP contribution in [0.1, 0.15) is 6.92 Å². The van der Waals surface area contributed by atoms with Crippen LogP contribution in [0, 0.1) is 0 Å². The highest BCUT2D eigenvalue weighted by molar-refractivity contribution is 9.10. The van der Waals surface area contributed by atoms with Crippen molar-refractivity contribution in [1.82, 2.24) is 5.32 Å². The SMILES string of the molecule is CC1CN(c2ccccc2Br)S(=O)(=O)CCN1. The lowest BCUT2D eigenvalue weighted by Crippen LogP contribution is -2.37. The van der Waals surface area contributed by atoms with Gasteiger partial charge in [-0.05, 0) is 35.0 Å². The zero-order valence-corrected chi connectivity index (χ0v) is 12.0. The monoisotopic (exact) mass is 318 g/mol. The molecule has 0 bridgehead atoms. The van der Waals surface area contributed by atoms with Gasteiger partial charge in [-0.3, -0.25) is 4.31 Å². The van der Waals surface area contributed by atoms with E-state index in [0.717, 1.165) is 4.47 Å². The summed E-state index contributed by atoms with van der Waals surface area (Å²) in [5, 5.41) is 3.18. The van der Waals surface area contributed by atoms with E-state index in [-0.39, 0.29) is 11.8 Å². The first-order valence-corrected chi connectivity index (χ1v) is 7.89. The van der Waals surface area contributed by atoms with Crippen molar-refractivity contribution in [2.45, 2.75) is 13.0 Å². The van der Waals surface area contributed by atoms with Gasteiger partial charge in [0.05, 0.1) is 11.4 Å². The molecule has 1 N–H and O–H groups in total. The number of anilines is 1. The molecule has 94 valence electrons. The average molecular weight is 319 g/mol. The van der Waals surface area contributed by atoms with Crippen molar-refractivity contribution in [2.75, 3.05) is 23.1 Å². The topological polar surface area (TPSA) is 49.4 Å². The lowest BCUT2D eigenvalue weighted by Gasteiger charge is -2.24. The van der Waals surface area contributed by atoms with Gasteiger partial charge in [0.1, 0.15) is 0 Å². The van der Waals surface area contributed by atoms with Crippen LogP contribution in [0.3, 0.4) is 0 Å². The number of hydrogen-bond donors (Lipinski definition) is 1. The second-order valence-corrected chi connectivity index (χ2v) is 7.02. The number of sulfonamides is 1. The summed E-state index contributed by atoms with van der Waals surface area (Å²) in [4.78, 5) is 0. The van der Waals surface area contributed by atoms with Gasteiger partial charge < -0.3 is 5.32 Å². The molecule has 1 fully saturated rings. The number of hydrogen-bond acceptors (Lipinski definition) is 3. The molecule has 0 radical (unpaired) electrons. The molecule has 1 aliphatic heterocycles. The normalized spacial score (nSPS) is 24.4. The first kappa shape index (κ1) is 12.9. The van der Waals surface area contributed by atoms with Crippen molar-refractivity contribution < 1.29 is 8.42 Å². The molecule has 2 rings (SSSR count). The molecule has 0 saturated carbocycles. The summed E-state index contributed by atoms with van der Waals surface area (Å²) in [5.74, 6) is 0.138. The fourth-order valence-corrected chi connectivity index (χ4v) is 4.00. The maximum atomic E-state index is 12.2. The lowest BCUT2D eigenvalue weighted by molar-refractivity contribution is 0.587. The summed E-state index contributed by atoms with van der Waals surface area (Å²) in [7, 11) is -3.23. The van der Waals surface area contributed by atoms with E-state index in [4.69, 9.17) is 0 Å². The Morgan fingerprint density at radius 2 is 2.12 bits per heavy atom. The van der Waals surface area contributed by atoms with Crippen LogP contribution in [0.2, 0.25) is 0 Å². The van der Waals surface area contributed by atoms with Gasteiger partial charge >= 0.3 is 0 Å². The smallest absolute Gasteiger partial charge is 0.236 e. The third-order valence-corrected chi connectivity index (χ3v) is 5.16. The molecule has 0 aromatic heterocycles. The van der Waals surface area contributed by atoms with E-state index >= 15 is 0 Å². The summed E-state index contributed by atoms with van der Waals surface area (Å²) in [6, 6.07) is 7.55. The standard InChI is InChI=1S/C11H15BrN2O2S/c1-9-8-14(17(15,16)7-6-13-9)11-5-3-2-4-10(11)12/h2-5,9,13H,6-8H2,1H3. The highest BCUT2D eigenvalue weighted by Gasteiger charge is 2.28. The summed E-state index contributed by atoms with van der Waals surface area (Å²) < 4.78 is 26.6. The van der Waals surface area contributed by atoms with E-state index < -0.39 is 10.0 Å². The van der Waals surface area contributed by atoms with Gasteiger partial charge in [0, 0.05) is 23.6 Å². The number of halogens is 1. The molecule has 0 aliphatic carbocycles. The number of rotatable bonds is 1. The van der Waals surface area contributed by atoms with Gasteiger partial charge in [0.25, 0.3) is 0 Å². The minimum absolute atomic E-state index is 0.138. The average Bonchev–Trinajstić information content (AvgIpc) is 2.38. The summed E-state index contributed by atoms with van der Waals surface area (Å²) in [6.45, 7) is 2.96. The molecule has 1 heterocycles. The minimum atomic E-state index is -3.23. The predicted octanol–water partition coefficient (Wildman–Crippen LogP) is 1.58. The Morgan fingerprint density at radius 3 is 2.82 bits per heavy atom. The van der Waals surface area contributed by atoms with Crippen molar-refractivity contribution in [3.63, 3.8) is 0 Å². The van der Waals surface area contributed by atoms with Gasteiger partial charge in [-0.2, -0.15) is 0 Å². The summed E-state index contributed by atoms with van der Waals surface area (Å²) in [6.07, 6.45) is 0. The van der Waals surface area contributed by atoms with E-state index in [1.54, 1.807) is 0 Å². The van der Waals surface area contributed by atoms with E-state index in [9.17, 15) is 8.42 Å². The molecular formula is C11H15BrN2O2S. The molecule has 1 unspecified atom stereocenters. The van der Waals surface area contributed by atoms with Crippen molar-refractivity contribution in [3.8, 4) is 0 Å². The zero-order chi connectivity index (χ0) is 12.5. The molecule has 6 heteroatoms. The quantitative estimate of drug-likeness (QED) is 0.855. The second kappa shape index (κ2) is 4.96. The van der Waals surface area contributed by atoms with Crippen LogP contribution in [-0.2, 0) is 10.0 Å². The van der Waals surface area contributed by atoms with E-state index in [1.165, 1.54) is 4.31 Å². The molecule has 0 spiro atoms. The molecule has 1 aliphatic rings. The second-order valence-electron chi connectivity index (χ2n) is 4.15. The third-order valence-electron chi connectivity index (χ3n) is 2.75. The molecule has 17 heavy (non-hydrogen) atoms. The zero-order valence-electron chi connectivity index (χ0n) is 9.56. The Morgan fingerprint density at radius 1 is 1.41 bits per heavy atom. The van der Waals surface area contributed by atoms with E-state index in [0.29, 0.717) is 18.8 Å². The summed E-state index contributed by atoms with van der Waals surface area (Å²) >= 11 is 3.40.